The van der Waals surface area contributed by atoms with Crippen LogP contribution in [0.3, 0.4) is 0 Å². The second-order valence-electron chi connectivity index (χ2n) is 21.9. The van der Waals surface area contributed by atoms with Crippen LogP contribution >= 0.6 is 23.2 Å². The summed E-state index contributed by atoms with van der Waals surface area (Å²) in [6.45, 7) is 39.3. The molecule has 0 saturated carbocycles. The molecule has 1 aliphatic rings. The highest BCUT2D eigenvalue weighted by molar-refractivity contribution is 6.78. The lowest BCUT2D eigenvalue weighted by Gasteiger charge is -2.42. The van der Waals surface area contributed by atoms with E-state index in [1.165, 1.54) is 33.4 Å². The van der Waals surface area contributed by atoms with Gasteiger partial charge in [-0.15, -0.1) is 0 Å². The zero-order valence-electron chi connectivity index (χ0n) is 46.1. The first-order chi connectivity index (χ1) is 32.8. The first kappa shape index (κ1) is 61.9. The Bertz CT molecular complexity index is 2320. The van der Waals surface area contributed by atoms with Crippen molar-refractivity contribution in [3.63, 3.8) is 0 Å². The van der Waals surface area contributed by atoms with E-state index < -0.39 is 16.6 Å². The first-order valence-electron chi connectivity index (χ1n) is 25.3. The van der Waals surface area contributed by atoms with Crippen molar-refractivity contribution in [2.45, 2.75) is 183 Å². The van der Waals surface area contributed by atoms with Crippen molar-refractivity contribution in [2.24, 2.45) is 0 Å². The Morgan fingerprint density at radius 2 is 0.887 bits per heavy atom. The fourth-order valence-corrected chi connectivity index (χ4v) is 21.2. The molecule has 0 bridgehead atoms. The van der Waals surface area contributed by atoms with Crippen molar-refractivity contribution in [1.82, 2.24) is 0 Å². The topological polar surface area (TPSA) is 55.4 Å². The molecule has 0 amide bonds. The van der Waals surface area contributed by atoms with E-state index in [-0.39, 0.29) is 25.7 Å². The molecule has 1 saturated heterocycles. The molecule has 1 heterocycles. The molecule has 0 spiro atoms. The average molecular weight is 1040 g/mol. The van der Waals surface area contributed by atoms with Crippen LogP contribution in [0.15, 0.2) is 109 Å². The summed E-state index contributed by atoms with van der Waals surface area (Å²) in [5, 5.41) is 1.37. The fourth-order valence-electron chi connectivity index (χ4n) is 10.4. The van der Waals surface area contributed by atoms with Gasteiger partial charge in [0.05, 0.1) is 24.4 Å². The second kappa shape index (κ2) is 26.7. The highest BCUT2D eigenvalue weighted by Crippen LogP contribution is 2.45. The van der Waals surface area contributed by atoms with Gasteiger partial charge in [0.2, 0.25) is 0 Å². The van der Waals surface area contributed by atoms with Crippen LogP contribution in [0.1, 0.15) is 135 Å². The molecule has 1 fully saturated rings. The maximum absolute atomic E-state index is 6.86. The fraction of sp³-hybridized carbons (Fsp3) is 0.500. The number of aryl methyl sites for hydroxylation is 1. The monoisotopic (exact) mass is 1040 g/mol. The number of rotatable bonds is 17. The van der Waals surface area contributed by atoms with Crippen molar-refractivity contribution in [1.29, 1.82) is 0 Å². The van der Waals surface area contributed by atoms with Crippen molar-refractivity contribution in [2.75, 3.05) is 14.2 Å². The van der Waals surface area contributed by atoms with Gasteiger partial charge in [0.25, 0.3) is 16.6 Å². The van der Waals surface area contributed by atoms with E-state index in [0.717, 1.165) is 22.5 Å². The summed E-state index contributed by atoms with van der Waals surface area (Å²) in [5.41, 5.74) is 12.0. The zero-order chi connectivity index (χ0) is 52.4. The van der Waals surface area contributed by atoms with Crippen LogP contribution < -0.4 is 14.3 Å². The van der Waals surface area contributed by atoms with Gasteiger partial charge in [-0.1, -0.05) is 180 Å². The molecule has 0 aromatic heterocycles. The predicted octanol–water partition coefficient (Wildman–Crippen LogP) is 18.3. The van der Waals surface area contributed by atoms with E-state index in [1.807, 2.05) is 0 Å². The van der Waals surface area contributed by atoms with Gasteiger partial charge in [0.15, 0.2) is 0 Å². The third-order valence-electron chi connectivity index (χ3n) is 14.7. The summed E-state index contributed by atoms with van der Waals surface area (Å²) in [5.74, 6) is 1.96. The minimum atomic E-state index is -1.96. The number of halogens is 2. The lowest BCUT2D eigenvalue weighted by atomic mass is 9.79. The molecule has 5 aromatic rings. The molecule has 71 heavy (non-hydrogen) atoms. The second-order valence-corrected chi connectivity index (χ2v) is 33.5. The van der Waals surface area contributed by atoms with Gasteiger partial charge in [-0.3, -0.25) is 0 Å². The molecular weight excluding hydrogens is 955 g/mol. The third-order valence-corrected chi connectivity index (χ3v) is 27.3. The highest BCUT2D eigenvalue weighted by Gasteiger charge is 2.52. The SMILES string of the molecule is C.CC(C)[Si](Oc1ccc(B2OC(C)(C)C(C)(C)O2)cc1)(C(C)C)C(C)C.COCc1cc(-c2ccc(C)cc2)ccc1-c1ccc(O[Si](C(C)C)(C(C)C)C(C)C)cc1.COCc1cc(Cl)ccc1Cl. The number of methoxy groups -OCH3 is 2. The van der Waals surface area contributed by atoms with Gasteiger partial charge in [-0.2, -0.15) is 0 Å². The van der Waals surface area contributed by atoms with E-state index in [9.17, 15) is 0 Å². The van der Waals surface area contributed by atoms with Crippen LogP contribution in [0, 0.1) is 6.92 Å². The number of ether oxygens (including phenoxy) is 2. The molecule has 390 valence electrons. The van der Waals surface area contributed by atoms with Crippen LogP contribution in [-0.4, -0.2) is 49.2 Å². The molecule has 0 atom stereocenters. The van der Waals surface area contributed by atoms with E-state index in [0.29, 0.717) is 56.5 Å². The summed E-state index contributed by atoms with van der Waals surface area (Å²) in [7, 11) is -0.827. The number of hydrogen-bond donors (Lipinski definition) is 0. The maximum Gasteiger partial charge on any atom is 0.494 e. The van der Waals surface area contributed by atoms with Gasteiger partial charge in [-0.25, -0.2) is 0 Å². The Kier molecular flexibility index (Phi) is 23.3. The van der Waals surface area contributed by atoms with Crippen molar-refractivity contribution >= 4 is 52.4 Å². The predicted molar refractivity (Wildman–Crippen MR) is 312 cm³/mol. The van der Waals surface area contributed by atoms with Gasteiger partial charge in [0, 0.05) is 24.3 Å². The summed E-state index contributed by atoms with van der Waals surface area (Å²) in [6, 6.07) is 37.7. The molecule has 0 radical (unpaired) electrons. The summed E-state index contributed by atoms with van der Waals surface area (Å²) >= 11 is 11.6. The zero-order valence-corrected chi connectivity index (χ0v) is 49.6. The Balaban J connectivity index is 0.000000311. The molecule has 6 nitrogen and oxygen atoms in total. The van der Waals surface area contributed by atoms with Crippen LogP contribution in [0.25, 0.3) is 22.3 Å². The highest BCUT2D eigenvalue weighted by atomic mass is 35.5. The lowest BCUT2D eigenvalue weighted by Crippen LogP contribution is -2.50. The van der Waals surface area contributed by atoms with Crippen LogP contribution in [0.5, 0.6) is 11.5 Å². The van der Waals surface area contributed by atoms with Crippen molar-refractivity contribution in [3.8, 4) is 33.8 Å². The molecule has 0 aliphatic carbocycles. The molecule has 11 heteroatoms. The Hall–Kier alpha value is -3.38. The summed E-state index contributed by atoms with van der Waals surface area (Å²) in [6.07, 6.45) is 0. The van der Waals surface area contributed by atoms with Crippen LogP contribution in [0.2, 0.25) is 43.3 Å². The van der Waals surface area contributed by atoms with Crippen molar-refractivity contribution < 1.29 is 27.6 Å². The number of hydrogen-bond acceptors (Lipinski definition) is 6. The molecular formula is C60H89BCl2O6Si2. The Morgan fingerprint density at radius 1 is 0.493 bits per heavy atom. The summed E-state index contributed by atoms with van der Waals surface area (Å²) < 4.78 is 36.4. The van der Waals surface area contributed by atoms with Gasteiger partial charge in [-0.05, 0) is 155 Å². The lowest BCUT2D eigenvalue weighted by molar-refractivity contribution is 0.00578. The molecule has 1 aliphatic heterocycles. The molecule has 6 rings (SSSR count). The Morgan fingerprint density at radius 3 is 1.31 bits per heavy atom. The molecule has 0 N–H and O–H groups in total. The minimum absolute atomic E-state index is 0. The average Bonchev–Trinajstić information content (AvgIpc) is 3.51. The van der Waals surface area contributed by atoms with Gasteiger partial charge >= 0.3 is 7.12 Å². The van der Waals surface area contributed by atoms with E-state index >= 15 is 0 Å². The smallest absolute Gasteiger partial charge is 0.494 e. The maximum atomic E-state index is 6.86. The van der Waals surface area contributed by atoms with Crippen molar-refractivity contribution in [3.05, 3.63) is 136 Å². The standard InChI is InChI=1S/C30H40O2Si.C21H37BO3Si.C8H8Cl2O.CH4/c1-21(2)33(22(3)4,23(5)6)32-29-16-13-26(14-17-29)30-18-15-27(19-28(30)20-31-8)25-11-9-24(7)10-12-25;1-15(2)26(16(3)4,17(5)6)23-19-13-11-18(12-14-19)22-24-20(7,8)21(9,10)25-22;1-11-5-6-4-7(9)2-3-8(6)10;/h9-19,21-23H,20H2,1-8H3;11-17H,1-10H3;2-4H,5H2,1H3;1H4. The number of benzene rings is 5. The molecule has 0 unspecified atom stereocenters. The van der Waals surface area contributed by atoms with Gasteiger partial charge < -0.3 is 27.6 Å². The molecule has 5 aromatic carbocycles. The Labute approximate surface area is 444 Å². The van der Waals surface area contributed by atoms with Crippen LogP contribution in [-0.2, 0) is 32.0 Å². The largest absolute Gasteiger partial charge is 0.543 e. The van der Waals surface area contributed by atoms with E-state index in [2.05, 4.69) is 209 Å². The third kappa shape index (κ3) is 15.1. The minimum Gasteiger partial charge on any atom is -0.543 e. The van der Waals surface area contributed by atoms with Gasteiger partial charge in [0.1, 0.15) is 11.5 Å². The summed E-state index contributed by atoms with van der Waals surface area (Å²) in [4.78, 5) is 0. The van der Waals surface area contributed by atoms with Crippen LogP contribution in [0.4, 0.5) is 0 Å². The quantitative estimate of drug-likeness (QED) is 0.0865. The van der Waals surface area contributed by atoms with E-state index in [1.54, 1.807) is 32.4 Å². The normalized spacial score (nSPS) is 14.4. The van der Waals surface area contributed by atoms with E-state index in [4.69, 9.17) is 50.8 Å². The first-order valence-corrected chi connectivity index (χ1v) is 30.4.